The van der Waals surface area contributed by atoms with E-state index >= 15 is 0 Å². The Morgan fingerprint density at radius 1 is 0.971 bits per heavy atom. The lowest BCUT2D eigenvalue weighted by molar-refractivity contribution is -0.148. The van der Waals surface area contributed by atoms with Crippen LogP contribution >= 0.6 is 0 Å². The Balaban J connectivity index is 1.21. The molecule has 0 aromatic heterocycles. The van der Waals surface area contributed by atoms with Crippen LogP contribution in [0, 0.1) is 11.8 Å². The predicted molar refractivity (Wildman–Crippen MR) is 126 cm³/mol. The van der Waals surface area contributed by atoms with E-state index in [0.29, 0.717) is 12.8 Å². The number of hydrogen-bond donors (Lipinski definition) is 3. The van der Waals surface area contributed by atoms with E-state index in [4.69, 9.17) is 4.74 Å². The Kier molecular flexibility index (Phi) is 5.80. The third-order valence-corrected chi connectivity index (χ3v) is 7.72. The molecule has 0 bridgehead atoms. The van der Waals surface area contributed by atoms with Gasteiger partial charge in [-0.3, -0.25) is 4.79 Å². The molecular formula is C27H30N2O5. The first-order valence-electron chi connectivity index (χ1n) is 12.1. The van der Waals surface area contributed by atoms with Gasteiger partial charge in [0.15, 0.2) is 0 Å². The van der Waals surface area contributed by atoms with Gasteiger partial charge in [-0.05, 0) is 60.8 Å². The Morgan fingerprint density at radius 2 is 1.59 bits per heavy atom. The maximum Gasteiger partial charge on any atom is 0.407 e. The molecule has 34 heavy (non-hydrogen) atoms. The molecule has 3 aliphatic rings. The number of nitrogens with one attached hydrogen (secondary N) is 2. The minimum Gasteiger partial charge on any atom is -0.480 e. The summed E-state index contributed by atoms with van der Waals surface area (Å²) in [4.78, 5) is 37.5. The number of carbonyl (C=O) groups is 3. The first kappa shape index (κ1) is 22.4. The predicted octanol–water partition coefficient (Wildman–Crippen LogP) is 4.06. The summed E-state index contributed by atoms with van der Waals surface area (Å²) in [6.07, 6.45) is 3.12. The van der Waals surface area contributed by atoms with E-state index in [1.54, 1.807) is 6.92 Å². The molecule has 3 aliphatic carbocycles. The smallest absolute Gasteiger partial charge is 0.407 e. The first-order valence-corrected chi connectivity index (χ1v) is 12.1. The van der Waals surface area contributed by atoms with Gasteiger partial charge >= 0.3 is 12.1 Å². The van der Waals surface area contributed by atoms with E-state index in [2.05, 4.69) is 34.9 Å². The fourth-order valence-corrected chi connectivity index (χ4v) is 5.58. The molecule has 3 unspecified atom stereocenters. The van der Waals surface area contributed by atoms with Crippen molar-refractivity contribution in [2.75, 3.05) is 6.61 Å². The third-order valence-electron chi connectivity index (χ3n) is 7.72. The molecule has 0 spiro atoms. The number of carboxylic acid groups (broad SMARTS) is 1. The molecule has 7 nitrogen and oxygen atoms in total. The number of hydrogen-bond acceptors (Lipinski definition) is 4. The molecule has 2 aromatic carbocycles. The quantitative estimate of drug-likeness (QED) is 0.576. The van der Waals surface area contributed by atoms with Gasteiger partial charge in [0.25, 0.3) is 0 Å². The second-order valence-electron chi connectivity index (χ2n) is 9.88. The van der Waals surface area contributed by atoms with Crippen molar-refractivity contribution >= 4 is 18.0 Å². The summed E-state index contributed by atoms with van der Waals surface area (Å²) in [5.41, 5.74) is 3.35. The van der Waals surface area contributed by atoms with Crippen LogP contribution in [0.2, 0.25) is 0 Å². The summed E-state index contributed by atoms with van der Waals surface area (Å²) >= 11 is 0. The molecule has 0 radical (unpaired) electrons. The second kappa shape index (κ2) is 8.78. The van der Waals surface area contributed by atoms with Crippen LogP contribution in [0.3, 0.4) is 0 Å². The number of ether oxygens (including phenoxy) is 1. The highest BCUT2D eigenvalue weighted by Gasteiger charge is 2.50. The van der Waals surface area contributed by atoms with E-state index in [-0.39, 0.29) is 30.4 Å². The van der Waals surface area contributed by atoms with Crippen molar-refractivity contribution in [2.45, 2.75) is 56.5 Å². The average molecular weight is 463 g/mol. The Labute approximate surface area is 198 Å². The molecule has 2 aromatic rings. The van der Waals surface area contributed by atoms with Crippen molar-refractivity contribution in [3.8, 4) is 11.1 Å². The maximum absolute atomic E-state index is 13.0. The summed E-state index contributed by atoms with van der Waals surface area (Å²) in [6.45, 7) is 1.79. The fraction of sp³-hybridized carbons (Fsp3) is 0.444. The fourth-order valence-electron chi connectivity index (χ4n) is 5.58. The van der Waals surface area contributed by atoms with Crippen LogP contribution in [0.4, 0.5) is 4.79 Å². The highest BCUT2D eigenvalue weighted by Crippen LogP contribution is 2.44. The SMILES string of the molecule is CC(NC(=O)C1CCCC1NC(=O)OCC1c2ccccc2-c2ccccc21)(C(=O)O)C1CC1. The molecule has 5 rings (SSSR count). The molecule has 3 N–H and O–H groups in total. The van der Waals surface area contributed by atoms with Crippen molar-refractivity contribution in [3.63, 3.8) is 0 Å². The van der Waals surface area contributed by atoms with E-state index < -0.39 is 23.5 Å². The minimum atomic E-state index is -1.26. The summed E-state index contributed by atoms with van der Waals surface area (Å²) in [5, 5.41) is 15.3. The van der Waals surface area contributed by atoms with Crippen LogP contribution in [0.25, 0.3) is 11.1 Å². The zero-order valence-electron chi connectivity index (χ0n) is 19.3. The number of aliphatic carboxylic acids is 1. The van der Waals surface area contributed by atoms with Gasteiger partial charge in [0.05, 0.1) is 5.92 Å². The first-order chi connectivity index (χ1) is 16.4. The summed E-state index contributed by atoms with van der Waals surface area (Å²) in [6, 6.07) is 15.9. The molecule has 0 aliphatic heterocycles. The van der Waals surface area contributed by atoms with E-state index in [1.807, 2.05) is 24.3 Å². The Morgan fingerprint density at radius 3 is 2.18 bits per heavy atom. The lowest BCUT2D eigenvalue weighted by Gasteiger charge is -2.29. The largest absolute Gasteiger partial charge is 0.480 e. The number of amides is 2. The van der Waals surface area contributed by atoms with Crippen LogP contribution < -0.4 is 10.6 Å². The molecule has 178 valence electrons. The van der Waals surface area contributed by atoms with Crippen molar-refractivity contribution in [3.05, 3.63) is 59.7 Å². The molecule has 0 saturated heterocycles. The monoisotopic (exact) mass is 462 g/mol. The van der Waals surface area contributed by atoms with Crippen LogP contribution in [0.15, 0.2) is 48.5 Å². The summed E-state index contributed by atoms with van der Waals surface area (Å²) in [7, 11) is 0. The van der Waals surface area contributed by atoms with Crippen LogP contribution in [0.1, 0.15) is 56.1 Å². The van der Waals surface area contributed by atoms with E-state index in [0.717, 1.165) is 41.5 Å². The summed E-state index contributed by atoms with van der Waals surface area (Å²) in [5.74, 6) is -1.85. The molecule has 3 atom stereocenters. The molecule has 0 heterocycles. The Bertz CT molecular complexity index is 1080. The normalized spacial score (nSPS) is 22.9. The zero-order chi connectivity index (χ0) is 23.9. The molecule has 2 amide bonds. The zero-order valence-corrected chi connectivity index (χ0v) is 19.3. The van der Waals surface area contributed by atoms with Gasteiger partial charge in [-0.1, -0.05) is 55.0 Å². The number of carbonyl (C=O) groups excluding carboxylic acids is 2. The third kappa shape index (κ3) is 4.04. The number of rotatable bonds is 7. The Hall–Kier alpha value is -3.35. The molecule has 2 fully saturated rings. The van der Waals surface area contributed by atoms with Crippen LogP contribution in [0.5, 0.6) is 0 Å². The van der Waals surface area contributed by atoms with Crippen molar-refractivity contribution in [1.82, 2.24) is 10.6 Å². The van der Waals surface area contributed by atoms with Crippen molar-refractivity contribution < 1.29 is 24.2 Å². The van der Waals surface area contributed by atoms with E-state index in [1.165, 1.54) is 0 Å². The van der Waals surface area contributed by atoms with Crippen molar-refractivity contribution in [2.24, 2.45) is 11.8 Å². The number of fused-ring (bicyclic) bond motifs is 3. The maximum atomic E-state index is 13.0. The second-order valence-corrected chi connectivity index (χ2v) is 9.88. The van der Waals surface area contributed by atoms with Gasteiger partial charge in [0.2, 0.25) is 5.91 Å². The molecule has 2 saturated carbocycles. The summed E-state index contributed by atoms with van der Waals surface area (Å²) < 4.78 is 5.64. The number of benzene rings is 2. The topological polar surface area (TPSA) is 105 Å². The van der Waals surface area contributed by atoms with Crippen LogP contribution in [-0.2, 0) is 14.3 Å². The highest BCUT2D eigenvalue weighted by atomic mass is 16.5. The minimum absolute atomic E-state index is 0.0318. The highest BCUT2D eigenvalue weighted by molar-refractivity contribution is 5.89. The lowest BCUT2D eigenvalue weighted by atomic mass is 9.93. The molecular weight excluding hydrogens is 432 g/mol. The van der Waals surface area contributed by atoms with Gasteiger partial charge in [0.1, 0.15) is 12.1 Å². The van der Waals surface area contributed by atoms with Gasteiger partial charge in [0, 0.05) is 12.0 Å². The number of alkyl carbamates (subject to hydrolysis) is 1. The van der Waals surface area contributed by atoms with Crippen molar-refractivity contribution in [1.29, 1.82) is 0 Å². The van der Waals surface area contributed by atoms with Gasteiger partial charge in [-0.25, -0.2) is 9.59 Å². The van der Waals surface area contributed by atoms with Gasteiger partial charge < -0.3 is 20.5 Å². The standard InChI is InChI=1S/C27H30N2O5/c1-27(25(31)32,16-13-14-16)29-24(30)21-11-6-12-23(21)28-26(33)34-15-22-19-9-4-2-7-17(19)18-8-3-5-10-20(18)22/h2-5,7-10,16,21-23H,6,11-15H2,1H3,(H,28,33)(H,29,30)(H,31,32). The lowest BCUT2D eigenvalue weighted by Crippen LogP contribution is -2.57. The average Bonchev–Trinajstić information content (AvgIpc) is 3.51. The number of carboxylic acids is 1. The van der Waals surface area contributed by atoms with E-state index in [9.17, 15) is 19.5 Å². The molecule has 7 heteroatoms. The van der Waals surface area contributed by atoms with Crippen LogP contribution in [-0.4, -0.2) is 41.3 Å². The van der Waals surface area contributed by atoms with Gasteiger partial charge in [-0.15, -0.1) is 0 Å². The van der Waals surface area contributed by atoms with Gasteiger partial charge in [-0.2, -0.15) is 0 Å².